The maximum Gasteiger partial charge on any atom is 0.0205 e. The van der Waals surface area contributed by atoms with Crippen LogP contribution in [0.5, 0.6) is 0 Å². The Balaban J connectivity index is 1.52. The fourth-order valence-electron chi connectivity index (χ4n) is 3.04. The van der Waals surface area contributed by atoms with Crippen LogP contribution in [-0.4, -0.2) is 31.6 Å². The maximum absolute atomic E-state index is 3.63. The summed E-state index contributed by atoms with van der Waals surface area (Å²) in [5.41, 5.74) is 1.39. The van der Waals surface area contributed by atoms with Gasteiger partial charge in [0.15, 0.2) is 0 Å². The Labute approximate surface area is 121 Å². The summed E-state index contributed by atoms with van der Waals surface area (Å²) in [5.74, 6) is 0.853. The van der Waals surface area contributed by atoms with E-state index in [9.17, 15) is 0 Å². The van der Waals surface area contributed by atoms with Gasteiger partial charge in [-0.05, 0) is 67.8 Å². The van der Waals surface area contributed by atoms with Gasteiger partial charge < -0.3 is 10.2 Å². The summed E-state index contributed by atoms with van der Waals surface area (Å²) < 4.78 is 0. The van der Waals surface area contributed by atoms with E-state index in [1.54, 1.807) is 0 Å². The van der Waals surface area contributed by atoms with Crippen molar-refractivity contribution in [2.45, 2.75) is 19.4 Å². The van der Waals surface area contributed by atoms with Crippen LogP contribution in [0, 0.1) is 5.92 Å². The average Bonchev–Trinajstić information content (AvgIpc) is 2.49. The molecule has 2 nitrogen and oxygen atoms in total. The molecule has 0 atom stereocenters. The van der Waals surface area contributed by atoms with E-state index in [1.165, 1.54) is 42.3 Å². The first-order valence-electron chi connectivity index (χ1n) is 7.68. The third-order valence-corrected chi connectivity index (χ3v) is 4.41. The zero-order chi connectivity index (χ0) is 13.8. The largest absolute Gasteiger partial charge is 0.312 e. The molecule has 0 radical (unpaired) electrons. The zero-order valence-corrected chi connectivity index (χ0v) is 12.3. The molecule has 1 heterocycles. The van der Waals surface area contributed by atoms with Crippen molar-refractivity contribution in [1.82, 2.24) is 10.2 Å². The summed E-state index contributed by atoms with van der Waals surface area (Å²) >= 11 is 0. The highest BCUT2D eigenvalue weighted by atomic mass is 15.1. The molecule has 0 saturated carbocycles. The van der Waals surface area contributed by atoms with Crippen LogP contribution in [0.25, 0.3) is 10.8 Å². The van der Waals surface area contributed by atoms with Crippen LogP contribution in [0.2, 0.25) is 0 Å². The molecule has 2 aromatic carbocycles. The van der Waals surface area contributed by atoms with Gasteiger partial charge in [0, 0.05) is 6.54 Å². The van der Waals surface area contributed by atoms with Crippen LogP contribution in [0.15, 0.2) is 42.5 Å². The molecule has 1 aliphatic heterocycles. The van der Waals surface area contributed by atoms with E-state index in [4.69, 9.17) is 0 Å². The van der Waals surface area contributed by atoms with Gasteiger partial charge in [0.2, 0.25) is 0 Å². The van der Waals surface area contributed by atoms with E-state index in [0.29, 0.717) is 0 Å². The number of hydrogen-bond acceptors (Lipinski definition) is 2. The Morgan fingerprint density at radius 2 is 1.80 bits per heavy atom. The molecule has 0 unspecified atom stereocenters. The van der Waals surface area contributed by atoms with Crippen molar-refractivity contribution in [3.8, 4) is 0 Å². The van der Waals surface area contributed by atoms with Crippen molar-refractivity contribution in [2.75, 3.05) is 26.7 Å². The van der Waals surface area contributed by atoms with E-state index in [1.807, 2.05) is 0 Å². The first-order valence-corrected chi connectivity index (χ1v) is 7.68. The first-order chi connectivity index (χ1) is 9.81. The second-order valence-corrected chi connectivity index (χ2v) is 6.06. The van der Waals surface area contributed by atoms with Gasteiger partial charge >= 0.3 is 0 Å². The Morgan fingerprint density at radius 3 is 2.60 bits per heavy atom. The third kappa shape index (κ3) is 3.38. The lowest BCUT2D eigenvalue weighted by Gasteiger charge is -2.29. The van der Waals surface area contributed by atoms with Crippen molar-refractivity contribution in [1.29, 1.82) is 0 Å². The highest BCUT2D eigenvalue weighted by Gasteiger charge is 2.15. The monoisotopic (exact) mass is 268 g/mol. The minimum atomic E-state index is 0.853. The lowest BCUT2D eigenvalue weighted by atomic mass is 9.97. The number of nitrogens with zero attached hydrogens (tertiary/aromatic N) is 1. The quantitative estimate of drug-likeness (QED) is 0.915. The van der Waals surface area contributed by atoms with E-state index in [0.717, 1.165) is 19.0 Å². The molecular formula is C18H24N2. The standard InChI is InChI=1S/C18H24N2/c1-20-10-8-15(9-11-20)13-19-14-16-6-7-17-4-2-3-5-18(17)12-16/h2-7,12,15,19H,8-11,13-14H2,1H3. The van der Waals surface area contributed by atoms with E-state index in [2.05, 4.69) is 59.7 Å². The second kappa shape index (κ2) is 6.38. The summed E-state index contributed by atoms with van der Waals surface area (Å²) in [6.45, 7) is 4.64. The number of likely N-dealkylation sites (tertiary alicyclic amines) is 1. The number of benzene rings is 2. The summed E-state index contributed by atoms with van der Waals surface area (Å²) in [7, 11) is 2.22. The zero-order valence-electron chi connectivity index (χ0n) is 12.3. The Morgan fingerprint density at radius 1 is 1.05 bits per heavy atom. The van der Waals surface area contributed by atoms with Gasteiger partial charge in [-0.3, -0.25) is 0 Å². The van der Waals surface area contributed by atoms with E-state index in [-0.39, 0.29) is 0 Å². The predicted octanol–water partition coefficient (Wildman–Crippen LogP) is 3.27. The van der Waals surface area contributed by atoms with Crippen molar-refractivity contribution in [2.24, 2.45) is 5.92 Å². The van der Waals surface area contributed by atoms with Crippen LogP contribution < -0.4 is 5.32 Å². The lowest BCUT2D eigenvalue weighted by molar-refractivity contribution is 0.216. The smallest absolute Gasteiger partial charge is 0.0205 e. The summed E-state index contributed by atoms with van der Waals surface area (Å²) in [5, 5.41) is 6.30. The van der Waals surface area contributed by atoms with E-state index >= 15 is 0 Å². The van der Waals surface area contributed by atoms with Crippen molar-refractivity contribution in [3.05, 3.63) is 48.0 Å². The number of fused-ring (bicyclic) bond motifs is 1. The summed E-state index contributed by atoms with van der Waals surface area (Å²) in [6.07, 6.45) is 2.67. The molecule has 0 aromatic heterocycles. The Hall–Kier alpha value is -1.38. The molecule has 0 spiro atoms. The van der Waals surface area contributed by atoms with Crippen molar-refractivity contribution < 1.29 is 0 Å². The summed E-state index contributed by atoms with van der Waals surface area (Å²) in [4.78, 5) is 2.43. The normalized spacial score (nSPS) is 17.6. The van der Waals surface area contributed by atoms with E-state index < -0.39 is 0 Å². The average molecular weight is 268 g/mol. The Bertz CT molecular complexity index is 556. The van der Waals surface area contributed by atoms with Crippen LogP contribution in [-0.2, 0) is 6.54 Å². The molecular weight excluding hydrogens is 244 g/mol. The van der Waals surface area contributed by atoms with Crippen LogP contribution >= 0.6 is 0 Å². The fraction of sp³-hybridized carbons (Fsp3) is 0.444. The highest BCUT2D eigenvalue weighted by Crippen LogP contribution is 2.17. The molecule has 20 heavy (non-hydrogen) atoms. The molecule has 1 aliphatic rings. The van der Waals surface area contributed by atoms with Crippen LogP contribution in [0.1, 0.15) is 18.4 Å². The minimum Gasteiger partial charge on any atom is -0.312 e. The summed E-state index contributed by atoms with van der Waals surface area (Å²) in [6, 6.07) is 15.3. The molecule has 1 saturated heterocycles. The SMILES string of the molecule is CN1CCC(CNCc2ccc3ccccc3c2)CC1. The van der Waals surface area contributed by atoms with Gasteiger partial charge in [-0.15, -0.1) is 0 Å². The molecule has 106 valence electrons. The second-order valence-electron chi connectivity index (χ2n) is 6.06. The molecule has 2 heteroatoms. The number of hydrogen-bond donors (Lipinski definition) is 1. The molecule has 0 amide bonds. The molecule has 2 aromatic rings. The van der Waals surface area contributed by atoms with Gasteiger partial charge in [-0.1, -0.05) is 36.4 Å². The van der Waals surface area contributed by atoms with Crippen molar-refractivity contribution in [3.63, 3.8) is 0 Å². The van der Waals surface area contributed by atoms with Gasteiger partial charge in [-0.2, -0.15) is 0 Å². The van der Waals surface area contributed by atoms with Crippen molar-refractivity contribution >= 4 is 10.8 Å². The van der Waals surface area contributed by atoms with Gasteiger partial charge in [0.1, 0.15) is 0 Å². The molecule has 3 rings (SSSR count). The van der Waals surface area contributed by atoms with Crippen LogP contribution in [0.4, 0.5) is 0 Å². The molecule has 1 N–H and O–H groups in total. The highest BCUT2D eigenvalue weighted by molar-refractivity contribution is 5.82. The topological polar surface area (TPSA) is 15.3 Å². The first kappa shape index (κ1) is 13.6. The van der Waals surface area contributed by atoms with Gasteiger partial charge in [0.25, 0.3) is 0 Å². The molecule has 1 fully saturated rings. The number of nitrogens with one attached hydrogen (secondary N) is 1. The third-order valence-electron chi connectivity index (χ3n) is 4.41. The predicted molar refractivity (Wildman–Crippen MR) is 85.9 cm³/mol. The van der Waals surface area contributed by atoms with Gasteiger partial charge in [-0.25, -0.2) is 0 Å². The van der Waals surface area contributed by atoms with Gasteiger partial charge in [0.05, 0.1) is 0 Å². The fourth-order valence-corrected chi connectivity index (χ4v) is 3.04. The van der Waals surface area contributed by atoms with Crippen LogP contribution in [0.3, 0.4) is 0 Å². The maximum atomic E-state index is 3.63. The minimum absolute atomic E-state index is 0.853. The number of rotatable bonds is 4. The lowest BCUT2D eigenvalue weighted by Crippen LogP contribution is -2.34. The molecule has 0 bridgehead atoms. The Kier molecular flexibility index (Phi) is 4.34. The number of piperidine rings is 1. The molecule has 0 aliphatic carbocycles.